The van der Waals surface area contributed by atoms with Crippen molar-refractivity contribution in [2.24, 2.45) is 0 Å². The number of Topliss-reactive ketones (excluding diaryl/α,β-unsaturated/α-hetero) is 1. The van der Waals surface area contributed by atoms with Crippen molar-refractivity contribution in [3.8, 4) is 0 Å². The van der Waals surface area contributed by atoms with Crippen molar-refractivity contribution in [3.05, 3.63) is 33.8 Å². The highest BCUT2D eigenvalue weighted by Gasteiger charge is 2.09. The van der Waals surface area contributed by atoms with Gasteiger partial charge in [-0.1, -0.05) is 49.4 Å². The maximum atomic E-state index is 11.8. The zero-order valence-electron chi connectivity index (χ0n) is 9.43. The van der Waals surface area contributed by atoms with Crippen LogP contribution in [0.2, 0.25) is 10.0 Å². The fraction of sp³-hybridized carbons (Fsp3) is 0.462. The largest absolute Gasteiger partial charge is 0.294 e. The molecule has 0 aliphatic rings. The second-order valence-corrected chi connectivity index (χ2v) is 4.70. The van der Waals surface area contributed by atoms with Crippen LogP contribution >= 0.6 is 23.2 Å². The van der Waals surface area contributed by atoms with Crippen molar-refractivity contribution < 1.29 is 4.79 Å². The summed E-state index contributed by atoms with van der Waals surface area (Å²) in [6.07, 6.45) is 4.97. The molecule has 0 N–H and O–H groups in total. The van der Waals surface area contributed by atoms with E-state index in [2.05, 4.69) is 6.92 Å². The highest BCUT2D eigenvalue weighted by Crippen LogP contribution is 2.22. The molecule has 0 fully saturated rings. The van der Waals surface area contributed by atoms with E-state index in [1.165, 1.54) is 12.8 Å². The van der Waals surface area contributed by atoms with Crippen LogP contribution in [-0.2, 0) is 0 Å². The molecule has 1 aromatic rings. The number of unbranched alkanes of at least 4 members (excludes halogenated alkanes) is 3. The van der Waals surface area contributed by atoms with Crippen LogP contribution < -0.4 is 0 Å². The summed E-state index contributed by atoms with van der Waals surface area (Å²) in [4.78, 5) is 11.8. The Labute approximate surface area is 107 Å². The first-order valence-electron chi connectivity index (χ1n) is 5.63. The summed E-state index contributed by atoms with van der Waals surface area (Å²) in [5.74, 6) is 0.109. The van der Waals surface area contributed by atoms with Gasteiger partial charge in [-0.15, -0.1) is 0 Å². The number of ketones is 1. The lowest BCUT2D eigenvalue weighted by Gasteiger charge is -2.03. The zero-order chi connectivity index (χ0) is 12.0. The fourth-order valence-electron chi connectivity index (χ4n) is 1.56. The Morgan fingerprint density at radius 1 is 1.19 bits per heavy atom. The van der Waals surface area contributed by atoms with Crippen LogP contribution in [0.4, 0.5) is 0 Å². The summed E-state index contributed by atoms with van der Waals surface area (Å²) >= 11 is 11.7. The van der Waals surface area contributed by atoms with E-state index in [1.54, 1.807) is 18.2 Å². The third-order valence-electron chi connectivity index (χ3n) is 2.49. The minimum Gasteiger partial charge on any atom is -0.294 e. The number of hydrogen-bond acceptors (Lipinski definition) is 1. The summed E-state index contributed by atoms with van der Waals surface area (Å²) in [6, 6.07) is 5.02. The third kappa shape index (κ3) is 4.15. The first-order chi connectivity index (χ1) is 7.65. The third-order valence-corrected chi connectivity index (χ3v) is 3.04. The fourth-order valence-corrected chi connectivity index (χ4v) is 2.08. The van der Waals surface area contributed by atoms with Crippen LogP contribution in [-0.4, -0.2) is 5.78 Å². The molecule has 0 aliphatic heterocycles. The van der Waals surface area contributed by atoms with Gasteiger partial charge in [0.15, 0.2) is 5.78 Å². The summed E-state index contributed by atoms with van der Waals surface area (Å²) < 4.78 is 0. The molecule has 0 bridgehead atoms. The summed E-state index contributed by atoms with van der Waals surface area (Å²) in [5.41, 5.74) is 0.586. The Morgan fingerprint density at radius 3 is 2.56 bits per heavy atom. The molecule has 3 heteroatoms. The molecule has 0 amide bonds. The van der Waals surface area contributed by atoms with Gasteiger partial charge in [-0.25, -0.2) is 0 Å². The van der Waals surface area contributed by atoms with E-state index in [1.807, 2.05) is 0 Å². The van der Waals surface area contributed by atoms with Crippen molar-refractivity contribution in [2.45, 2.75) is 39.0 Å². The normalized spacial score (nSPS) is 10.4. The zero-order valence-corrected chi connectivity index (χ0v) is 10.9. The van der Waals surface area contributed by atoms with Gasteiger partial charge in [0, 0.05) is 17.0 Å². The van der Waals surface area contributed by atoms with E-state index >= 15 is 0 Å². The molecule has 0 saturated heterocycles. The first kappa shape index (κ1) is 13.5. The SMILES string of the molecule is CCCCCCC(=O)c1ccc(Cl)cc1Cl. The molecule has 1 aromatic carbocycles. The van der Waals surface area contributed by atoms with Gasteiger partial charge in [0.2, 0.25) is 0 Å². The summed E-state index contributed by atoms with van der Waals surface area (Å²) in [7, 11) is 0. The number of hydrogen-bond donors (Lipinski definition) is 0. The molecular weight excluding hydrogens is 243 g/mol. The predicted molar refractivity (Wildman–Crippen MR) is 69.6 cm³/mol. The van der Waals surface area contributed by atoms with Gasteiger partial charge in [-0.2, -0.15) is 0 Å². The molecule has 1 nitrogen and oxygen atoms in total. The first-order valence-corrected chi connectivity index (χ1v) is 6.39. The second kappa shape index (κ2) is 6.93. The number of carbonyl (C=O) groups excluding carboxylic acids is 1. The number of rotatable bonds is 6. The highest BCUT2D eigenvalue weighted by molar-refractivity contribution is 6.36. The molecule has 0 heterocycles. The molecule has 0 saturated carbocycles. The van der Waals surface area contributed by atoms with Crippen LogP contribution in [0.25, 0.3) is 0 Å². The van der Waals surface area contributed by atoms with E-state index in [-0.39, 0.29) is 5.78 Å². The maximum absolute atomic E-state index is 11.8. The Hall–Kier alpha value is -0.530. The van der Waals surface area contributed by atoms with Gasteiger partial charge in [-0.3, -0.25) is 4.79 Å². The second-order valence-electron chi connectivity index (χ2n) is 3.86. The standard InChI is InChI=1S/C13H16Cl2O/c1-2-3-4-5-6-13(16)11-8-7-10(14)9-12(11)15/h7-9H,2-6H2,1H3. The lowest BCUT2D eigenvalue weighted by Crippen LogP contribution is -1.99. The number of halogens is 2. The van der Waals surface area contributed by atoms with Gasteiger partial charge in [0.05, 0.1) is 5.02 Å². The van der Waals surface area contributed by atoms with E-state index in [0.29, 0.717) is 22.0 Å². The molecule has 88 valence electrons. The number of benzene rings is 1. The summed E-state index contributed by atoms with van der Waals surface area (Å²) in [6.45, 7) is 2.15. The van der Waals surface area contributed by atoms with Crippen LogP contribution in [0, 0.1) is 0 Å². The van der Waals surface area contributed by atoms with Crippen molar-refractivity contribution in [1.29, 1.82) is 0 Å². The van der Waals surface area contributed by atoms with Gasteiger partial charge in [0.25, 0.3) is 0 Å². The van der Waals surface area contributed by atoms with Crippen molar-refractivity contribution in [3.63, 3.8) is 0 Å². The minimum absolute atomic E-state index is 0.109. The molecule has 0 atom stereocenters. The van der Waals surface area contributed by atoms with E-state index in [4.69, 9.17) is 23.2 Å². The quantitative estimate of drug-likeness (QED) is 0.510. The van der Waals surface area contributed by atoms with E-state index < -0.39 is 0 Å². The molecule has 1 rings (SSSR count). The molecule has 0 radical (unpaired) electrons. The Kier molecular flexibility index (Phi) is 5.86. The van der Waals surface area contributed by atoms with E-state index in [9.17, 15) is 4.79 Å². The van der Waals surface area contributed by atoms with Crippen molar-refractivity contribution in [1.82, 2.24) is 0 Å². The van der Waals surface area contributed by atoms with Crippen LogP contribution in [0.3, 0.4) is 0 Å². The Morgan fingerprint density at radius 2 is 1.94 bits per heavy atom. The van der Waals surface area contributed by atoms with Gasteiger partial charge in [-0.05, 0) is 24.6 Å². The molecular formula is C13H16Cl2O. The monoisotopic (exact) mass is 258 g/mol. The van der Waals surface area contributed by atoms with Crippen molar-refractivity contribution in [2.75, 3.05) is 0 Å². The molecule has 0 aromatic heterocycles. The average Bonchev–Trinajstić information content (AvgIpc) is 2.24. The minimum atomic E-state index is 0.109. The lowest BCUT2D eigenvalue weighted by atomic mass is 10.0. The lowest BCUT2D eigenvalue weighted by molar-refractivity contribution is 0.0979. The van der Waals surface area contributed by atoms with Gasteiger partial charge < -0.3 is 0 Å². The van der Waals surface area contributed by atoms with Crippen molar-refractivity contribution >= 4 is 29.0 Å². The summed E-state index contributed by atoms with van der Waals surface area (Å²) in [5, 5.41) is 1.01. The van der Waals surface area contributed by atoms with Crippen LogP contribution in [0.15, 0.2) is 18.2 Å². The molecule has 16 heavy (non-hydrogen) atoms. The van der Waals surface area contributed by atoms with Crippen LogP contribution in [0.5, 0.6) is 0 Å². The molecule has 0 aliphatic carbocycles. The Bertz CT molecular complexity index is 361. The maximum Gasteiger partial charge on any atom is 0.164 e. The van der Waals surface area contributed by atoms with E-state index in [0.717, 1.165) is 12.8 Å². The van der Waals surface area contributed by atoms with Crippen LogP contribution in [0.1, 0.15) is 49.4 Å². The molecule has 0 unspecified atom stereocenters. The van der Waals surface area contributed by atoms with Gasteiger partial charge in [0.1, 0.15) is 0 Å². The average molecular weight is 259 g/mol. The van der Waals surface area contributed by atoms with Gasteiger partial charge >= 0.3 is 0 Å². The Balaban J connectivity index is 2.53. The molecule has 0 spiro atoms. The smallest absolute Gasteiger partial charge is 0.164 e. The number of carbonyl (C=O) groups is 1. The highest BCUT2D eigenvalue weighted by atomic mass is 35.5. The topological polar surface area (TPSA) is 17.1 Å². The predicted octanol–water partition coefficient (Wildman–Crippen LogP) is 5.15.